The van der Waals surface area contributed by atoms with Gasteiger partial charge in [-0.1, -0.05) is 76.6 Å². The predicted molar refractivity (Wildman–Crippen MR) is 93.7 cm³/mol. The van der Waals surface area contributed by atoms with Gasteiger partial charge in [0.05, 0.1) is 0 Å². The fourth-order valence-corrected chi connectivity index (χ4v) is 3.89. The average molecular weight is 335 g/mol. The van der Waals surface area contributed by atoms with E-state index in [2.05, 4.69) is 89.6 Å². The zero-order valence-electron chi connectivity index (χ0n) is 11.8. The summed E-state index contributed by atoms with van der Waals surface area (Å²) in [4.78, 5) is 0. The minimum absolute atomic E-state index is 0.348. The average Bonchev–Trinajstić information content (AvgIpc) is 2.93. The molecule has 0 radical (unpaired) electrons. The minimum atomic E-state index is 0.348. The van der Waals surface area contributed by atoms with E-state index in [1.165, 1.54) is 37.5 Å². The summed E-state index contributed by atoms with van der Waals surface area (Å²) in [7, 11) is 0. The highest BCUT2D eigenvalue weighted by Crippen LogP contribution is 2.40. The topological polar surface area (TPSA) is 0 Å². The van der Waals surface area contributed by atoms with Crippen LogP contribution in [0.5, 0.6) is 0 Å². The van der Waals surface area contributed by atoms with Gasteiger partial charge in [0.2, 0.25) is 0 Å². The summed E-state index contributed by atoms with van der Waals surface area (Å²) in [6.07, 6.45) is 4.53. The fraction of sp³-hybridized carbons (Fsp3) is 0.100. The third-order valence-electron chi connectivity index (χ3n) is 4.35. The van der Waals surface area contributed by atoms with Gasteiger partial charge in [-0.05, 0) is 46.0 Å². The zero-order valence-corrected chi connectivity index (χ0v) is 13.4. The first-order chi connectivity index (χ1) is 10.2. The normalized spacial score (nSPS) is 16.4. The van der Waals surface area contributed by atoms with E-state index < -0.39 is 0 Å². The number of aryl methyl sites for hydroxylation is 1. The lowest BCUT2D eigenvalue weighted by atomic mass is 9.91. The van der Waals surface area contributed by atoms with Crippen LogP contribution in [0.1, 0.15) is 28.2 Å². The molecule has 0 bridgehead atoms. The molecule has 3 aromatic carbocycles. The maximum absolute atomic E-state index is 3.71. The van der Waals surface area contributed by atoms with E-state index in [9.17, 15) is 0 Å². The Morgan fingerprint density at radius 2 is 1.81 bits per heavy atom. The molecule has 1 heteroatoms. The number of hydrogen-bond acceptors (Lipinski definition) is 0. The van der Waals surface area contributed by atoms with Gasteiger partial charge >= 0.3 is 0 Å². The van der Waals surface area contributed by atoms with Gasteiger partial charge in [-0.25, -0.2) is 0 Å². The van der Waals surface area contributed by atoms with Crippen LogP contribution in [0.25, 0.3) is 16.8 Å². The Balaban J connectivity index is 1.88. The Hall–Kier alpha value is -1.86. The van der Waals surface area contributed by atoms with E-state index in [-0.39, 0.29) is 0 Å². The molecular formula is C20H15Br. The monoisotopic (exact) mass is 334 g/mol. The van der Waals surface area contributed by atoms with Crippen molar-refractivity contribution in [2.75, 3.05) is 0 Å². The molecule has 0 aromatic heterocycles. The summed E-state index contributed by atoms with van der Waals surface area (Å²) in [6, 6.07) is 19.8. The van der Waals surface area contributed by atoms with Crippen LogP contribution in [0.4, 0.5) is 0 Å². The molecule has 102 valence electrons. The van der Waals surface area contributed by atoms with Crippen LogP contribution < -0.4 is 0 Å². The molecule has 1 atom stereocenters. The summed E-state index contributed by atoms with van der Waals surface area (Å²) in [5.74, 6) is 0.348. The highest BCUT2D eigenvalue weighted by Gasteiger charge is 2.21. The van der Waals surface area contributed by atoms with Crippen LogP contribution in [0.2, 0.25) is 0 Å². The molecule has 1 aliphatic carbocycles. The van der Waals surface area contributed by atoms with Gasteiger partial charge in [0.25, 0.3) is 0 Å². The zero-order chi connectivity index (χ0) is 14.4. The summed E-state index contributed by atoms with van der Waals surface area (Å²) in [5, 5.41) is 2.66. The van der Waals surface area contributed by atoms with E-state index in [1.807, 2.05) is 0 Å². The van der Waals surface area contributed by atoms with Crippen molar-refractivity contribution in [3.63, 3.8) is 0 Å². The number of rotatable bonds is 1. The molecule has 0 nitrogen and oxygen atoms in total. The molecule has 0 N–H and O–H groups in total. The maximum Gasteiger partial charge on any atom is 0.0290 e. The van der Waals surface area contributed by atoms with E-state index in [4.69, 9.17) is 0 Å². The third-order valence-corrected chi connectivity index (χ3v) is 5.04. The minimum Gasteiger partial charge on any atom is -0.0720 e. The molecule has 4 rings (SSSR count). The lowest BCUT2D eigenvalue weighted by molar-refractivity contribution is 1.04. The number of hydrogen-bond donors (Lipinski definition) is 0. The Kier molecular flexibility index (Phi) is 2.97. The SMILES string of the molecule is Cc1cccc2cc(C3C=Cc4cccc(Br)c43)ccc12. The summed E-state index contributed by atoms with van der Waals surface area (Å²) in [6.45, 7) is 2.17. The molecule has 0 saturated carbocycles. The molecule has 3 aromatic rings. The predicted octanol–water partition coefficient (Wildman–Crippen LogP) is 6.07. The second kappa shape index (κ2) is 4.85. The van der Waals surface area contributed by atoms with Crippen LogP contribution in [-0.2, 0) is 0 Å². The van der Waals surface area contributed by atoms with E-state index >= 15 is 0 Å². The van der Waals surface area contributed by atoms with Crippen molar-refractivity contribution in [2.24, 2.45) is 0 Å². The molecule has 1 unspecified atom stereocenters. The quantitative estimate of drug-likeness (QED) is 0.506. The van der Waals surface area contributed by atoms with Gasteiger partial charge in [-0.3, -0.25) is 0 Å². The van der Waals surface area contributed by atoms with Crippen molar-refractivity contribution in [1.29, 1.82) is 0 Å². The Morgan fingerprint density at radius 3 is 2.71 bits per heavy atom. The first-order valence-corrected chi connectivity index (χ1v) is 7.99. The Labute approximate surface area is 133 Å². The van der Waals surface area contributed by atoms with Gasteiger partial charge in [-0.15, -0.1) is 0 Å². The van der Waals surface area contributed by atoms with Crippen molar-refractivity contribution in [3.8, 4) is 0 Å². The molecule has 21 heavy (non-hydrogen) atoms. The van der Waals surface area contributed by atoms with Crippen LogP contribution >= 0.6 is 15.9 Å². The first-order valence-electron chi connectivity index (χ1n) is 7.20. The Bertz CT molecular complexity index is 874. The van der Waals surface area contributed by atoms with Crippen molar-refractivity contribution in [3.05, 3.63) is 87.4 Å². The van der Waals surface area contributed by atoms with E-state index in [0.717, 1.165) is 0 Å². The van der Waals surface area contributed by atoms with Crippen molar-refractivity contribution >= 4 is 32.8 Å². The van der Waals surface area contributed by atoms with Gasteiger partial charge < -0.3 is 0 Å². The number of fused-ring (bicyclic) bond motifs is 2. The van der Waals surface area contributed by atoms with Crippen LogP contribution in [0, 0.1) is 6.92 Å². The second-order valence-electron chi connectivity index (χ2n) is 5.64. The summed E-state index contributed by atoms with van der Waals surface area (Å²) >= 11 is 3.71. The van der Waals surface area contributed by atoms with Gasteiger partial charge in [0.1, 0.15) is 0 Å². The molecule has 0 fully saturated rings. The standard InChI is InChI=1S/C20H15Br/c1-13-4-2-6-15-12-16(9-10-17(13)15)18-11-8-14-5-3-7-19(21)20(14)18/h2-12,18H,1H3. The largest absolute Gasteiger partial charge is 0.0720 e. The molecule has 0 heterocycles. The van der Waals surface area contributed by atoms with Crippen LogP contribution in [0.15, 0.2) is 65.1 Å². The number of benzene rings is 3. The number of allylic oxidation sites excluding steroid dienone is 1. The fourth-order valence-electron chi connectivity index (χ4n) is 3.26. The highest BCUT2D eigenvalue weighted by molar-refractivity contribution is 9.10. The van der Waals surface area contributed by atoms with Crippen molar-refractivity contribution in [1.82, 2.24) is 0 Å². The van der Waals surface area contributed by atoms with Crippen LogP contribution in [-0.4, -0.2) is 0 Å². The molecule has 1 aliphatic rings. The Morgan fingerprint density at radius 1 is 0.952 bits per heavy atom. The summed E-state index contributed by atoms with van der Waals surface area (Å²) < 4.78 is 1.19. The molecule has 0 spiro atoms. The number of halogens is 1. The lowest BCUT2D eigenvalue weighted by Gasteiger charge is -2.14. The van der Waals surface area contributed by atoms with Gasteiger partial charge in [0, 0.05) is 10.4 Å². The van der Waals surface area contributed by atoms with Crippen molar-refractivity contribution in [2.45, 2.75) is 12.8 Å². The first kappa shape index (κ1) is 12.8. The van der Waals surface area contributed by atoms with E-state index in [0.29, 0.717) is 5.92 Å². The smallest absolute Gasteiger partial charge is 0.0290 e. The maximum atomic E-state index is 3.71. The molecular weight excluding hydrogens is 320 g/mol. The highest BCUT2D eigenvalue weighted by atomic mass is 79.9. The van der Waals surface area contributed by atoms with Crippen LogP contribution in [0.3, 0.4) is 0 Å². The van der Waals surface area contributed by atoms with E-state index in [1.54, 1.807) is 0 Å². The molecule has 0 saturated heterocycles. The van der Waals surface area contributed by atoms with Gasteiger partial charge in [-0.2, -0.15) is 0 Å². The third kappa shape index (κ3) is 2.04. The summed E-state index contributed by atoms with van der Waals surface area (Å²) in [5.41, 5.74) is 5.39. The van der Waals surface area contributed by atoms with Gasteiger partial charge in [0.15, 0.2) is 0 Å². The lowest BCUT2D eigenvalue weighted by Crippen LogP contribution is -1.97. The van der Waals surface area contributed by atoms with Crippen molar-refractivity contribution < 1.29 is 0 Å². The molecule has 0 amide bonds. The molecule has 0 aliphatic heterocycles. The second-order valence-corrected chi connectivity index (χ2v) is 6.49.